The van der Waals surface area contributed by atoms with Gasteiger partial charge in [-0.05, 0) is 56.8 Å². The van der Waals surface area contributed by atoms with Gasteiger partial charge in [0.1, 0.15) is 6.10 Å². The normalized spacial score (nSPS) is 38.5. The molecule has 0 bridgehead atoms. The summed E-state index contributed by atoms with van der Waals surface area (Å²) in [5.41, 5.74) is 5.94. The van der Waals surface area contributed by atoms with Crippen molar-refractivity contribution in [3.63, 3.8) is 0 Å². The maximum absolute atomic E-state index is 12.2. The highest BCUT2D eigenvalue weighted by atomic mass is 35.5. The molecule has 2 fully saturated rings. The second-order valence-electron chi connectivity index (χ2n) is 7.86. The van der Waals surface area contributed by atoms with E-state index in [1.807, 2.05) is 6.92 Å². The van der Waals surface area contributed by atoms with Crippen molar-refractivity contribution in [2.45, 2.75) is 83.9 Å². The van der Waals surface area contributed by atoms with E-state index in [2.05, 4.69) is 26.1 Å². The van der Waals surface area contributed by atoms with Crippen LogP contribution in [-0.2, 0) is 4.74 Å². The molecule has 0 saturated heterocycles. The van der Waals surface area contributed by atoms with Gasteiger partial charge in [0, 0.05) is 11.6 Å². The van der Waals surface area contributed by atoms with Crippen LogP contribution in [-0.4, -0.2) is 23.8 Å². The molecule has 4 nitrogen and oxygen atoms in total. The van der Waals surface area contributed by atoms with E-state index in [0.717, 1.165) is 32.1 Å². The number of alkyl carbamates (subject to hydrolysis) is 1. The smallest absolute Gasteiger partial charge is 0.407 e. The molecule has 5 atom stereocenters. The maximum atomic E-state index is 12.2. The molecule has 2 unspecified atom stereocenters. The van der Waals surface area contributed by atoms with Crippen molar-refractivity contribution < 1.29 is 9.53 Å². The van der Waals surface area contributed by atoms with Gasteiger partial charge in [0.25, 0.3) is 0 Å². The third-order valence-corrected chi connectivity index (χ3v) is 5.52. The monoisotopic (exact) mass is 332 g/mol. The van der Waals surface area contributed by atoms with Crippen molar-refractivity contribution in [3.8, 4) is 0 Å². The zero-order chi connectivity index (χ0) is 15.6. The average molecular weight is 333 g/mol. The van der Waals surface area contributed by atoms with Gasteiger partial charge in [-0.15, -0.1) is 12.4 Å². The fraction of sp³-hybridized carbons (Fsp3) is 0.941. The lowest BCUT2D eigenvalue weighted by molar-refractivity contribution is 0.00424. The van der Waals surface area contributed by atoms with Gasteiger partial charge in [0.2, 0.25) is 0 Å². The number of hydrogen-bond donors (Lipinski definition) is 2. The molecule has 2 aliphatic rings. The van der Waals surface area contributed by atoms with Gasteiger partial charge in [-0.2, -0.15) is 0 Å². The van der Waals surface area contributed by atoms with Crippen molar-refractivity contribution in [1.82, 2.24) is 5.32 Å². The van der Waals surface area contributed by atoms with E-state index in [0.29, 0.717) is 17.8 Å². The van der Waals surface area contributed by atoms with Crippen molar-refractivity contribution in [2.75, 3.05) is 0 Å². The number of rotatable bonds is 3. The van der Waals surface area contributed by atoms with Gasteiger partial charge < -0.3 is 15.8 Å². The lowest BCUT2D eigenvalue weighted by Gasteiger charge is -2.37. The van der Waals surface area contributed by atoms with E-state index in [9.17, 15) is 4.79 Å². The van der Waals surface area contributed by atoms with Crippen LogP contribution in [0.2, 0.25) is 0 Å². The zero-order valence-electron chi connectivity index (χ0n) is 14.4. The predicted molar refractivity (Wildman–Crippen MR) is 92.2 cm³/mol. The number of halogens is 1. The minimum atomic E-state index is -0.295. The van der Waals surface area contributed by atoms with Crippen molar-refractivity contribution in [1.29, 1.82) is 0 Å². The summed E-state index contributed by atoms with van der Waals surface area (Å²) in [6, 6.07) is 0.0449. The lowest BCUT2D eigenvalue weighted by Crippen LogP contribution is -2.53. The summed E-state index contributed by atoms with van der Waals surface area (Å²) in [6.07, 6.45) is 6.17. The Balaban J connectivity index is 0.00000242. The van der Waals surface area contributed by atoms with Crippen molar-refractivity contribution >= 4 is 18.5 Å². The number of ether oxygens (including phenoxy) is 1. The maximum Gasteiger partial charge on any atom is 0.407 e. The number of hydrogen-bond acceptors (Lipinski definition) is 3. The van der Waals surface area contributed by atoms with Crippen LogP contribution in [0.3, 0.4) is 0 Å². The summed E-state index contributed by atoms with van der Waals surface area (Å²) in [5.74, 6) is 1.69. The van der Waals surface area contributed by atoms with Crippen LogP contribution in [0.15, 0.2) is 0 Å². The summed E-state index contributed by atoms with van der Waals surface area (Å²) < 4.78 is 5.79. The zero-order valence-corrected chi connectivity index (χ0v) is 15.2. The molecule has 130 valence electrons. The van der Waals surface area contributed by atoms with Crippen LogP contribution in [0, 0.1) is 17.8 Å². The summed E-state index contributed by atoms with van der Waals surface area (Å²) in [4.78, 5) is 12.2. The SMILES string of the molecule is CC(C)[C@H]1CC[C@@H](C)C[C@H]1OC(=O)NC1CCCC1(C)N.Cl. The Hall–Kier alpha value is -0.480. The fourth-order valence-electron chi connectivity index (χ4n) is 3.99. The van der Waals surface area contributed by atoms with Crippen LogP contribution in [0.5, 0.6) is 0 Å². The number of nitrogens with two attached hydrogens (primary N) is 1. The molecule has 22 heavy (non-hydrogen) atoms. The third-order valence-electron chi connectivity index (χ3n) is 5.52. The molecule has 0 aromatic carbocycles. The first-order valence-electron chi connectivity index (χ1n) is 8.55. The molecule has 2 aliphatic carbocycles. The standard InChI is InChI=1S/C17H32N2O2.ClH/c1-11(2)13-8-7-12(3)10-14(13)21-16(20)19-15-6-5-9-17(15,4)18;/h11-15H,5-10,18H2,1-4H3,(H,19,20);1H/t12-,13-,14-,15?,17?;/m1./s1. The van der Waals surface area contributed by atoms with Crippen LogP contribution in [0.4, 0.5) is 4.79 Å². The van der Waals surface area contributed by atoms with Crippen LogP contribution < -0.4 is 11.1 Å². The van der Waals surface area contributed by atoms with E-state index in [1.54, 1.807) is 0 Å². The molecule has 0 radical (unpaired) electrons. The Labute approximate surface area is 141 Å². The molecule has 0 aromatic rings. The van der Waals surface area contributed by atoms with E-state index in [-0.39, 0.29) is 36.2 Å². The first-order valence-corrected chi connectivity index (χ1v) is 8.55. The molecular formula is C17H33ClN2O2. The molecule has 0 aromatic heterocycles. The Morgan fingerprint density at radius 1 is 1.32 bits per heavy atom. The van der Waals surface area contributed by atoms with E-state index >= 15 is 0 Å². The van der Waals surface area contributed by atoms with Gasteiger partial charge in [-0.25, -0.2) is 4.79 Å². The van der Waals surface area contributed by atoms with E-state index in [4.69, 9.17) is 10.5 Å². The van der Waals surface area contributed by atoms with Gasteiger partial charge >= 0.3 is 6.09 Å². The van der Waals surface area contributed by atoms with Crippen molar-refractivity contribution in [3.05, 3.63) is 0 Å². The quantitative estimate of drug-likeness (QED) is 0.824. The molecule has 0 aliphatic heterocycles. The lowest BCUT2D eigenvalue weighted by atomic mass is 9.75. The minimum Gasteiger partial charge on any atom is -0.446 e. The highest BCUT2D eigenvalue weighted by molar-refractivity contribution is 5.85. The Morgan fingerprint density at radius 2 is 2.00 bits per heavy atom. The summed E-state index contributed by atoms with van der Waals surface area (Å²) in [7, 11) is 0. The van der Waals surface area contributed by atoms with Gasteiger partial charge in [0.15, 0.2) is 0 Å². The molecule has 3 N–H and O–H groups in total. The minimum absolute atomic E-state index is 0. The fourth-order valence-corrected chi connectivity index (χ4v) is 3.99. The van der Waals surface area contributed by atoms with Crippen LogP contribution in [0.25, 0.3) is 0 Å². The molecule has 2 saturated carbocycles. The summed E-state index contributed by atoms with van der Waals surface area (Å²) in [6.45, 7) is 8.72. The highest BCUT2D eigenvalue weighted by Crippen LogP contribution is 2.35. The number of nitrogens with one attached hydrogen (secondary N) is 1. The number of amides is 1. The molecular weight excluding hydrogens is 300 g/mol. The molecule has 2 rings (SSSR count). The topological polar surface area (TPSA) is 64.3 Å². The number of carbonyl (C=O) groups excluding carboxylic acids is 1. The molecule has 0 heterocycles. The summed E-state index contributed by atoms with van der Waals surface area (Å²) >= 11 is 0. The largest absolute Gasteiger partial charge is 0.446 e. The highest BCUT2D eigenvalue weighted by Gasteiger charge is 2.38. The van der Waals surface area contributed by atoms with Crippen LogP contribution >= 0.6 is 12.4 Å². The predicted octanol–water partition coefficient (Wildman–Crippen LogP) is 3.87. The number of carbonyl (C=O) groups is 1. The van der Waals surface area contributed by atoms with E-state index < -0.39 is 0 Å². The third kappa shape index (κ3) is 4.76. The van der Waals surface area contributed by atoms with E-state index in [1.165, 1.54) is 6.42 Å². The Kier molecular flexibility index (Phi) is 7.00. The molecule has 0 spiro atoms. The molecule has 5 heteroatoms. The average Bonchev–Trinajstić information content (AvgIpc) is 2.68. The molecule has 1 amide bonds. The van der Waals surface area contributed by atoms with Gasteiger partial charge in [0.05, 0.1) is 0 Å². The first kappa shape index (κ1) is 19.6. The van der Waals surface area contributed by atoms with Gasteiger partial charge in [-0.3, -0.25) is 0 Å². The van der Waals surface area contributed by atoms with Crippen LogP contribution in [0.1, 0.15) is 66.2 Å². The second kappa shape index (κ2) is 7.87. The Morgan fingerprint density at radius 3 is 2.55 bits per heavy atom. The first-order chi connectivity index (χ1) is 9.79. The van der Waals surface area contributed by atoms with Gasteiger partial charge in [-0.1, -0.05) is 27.2 Å². The summed E-state index contributed by atoms with van der Waals surface area (Å²) in [5, 5.41) is 3.00. The second-order valence-corrected chi connectivity index (χ2v) is 7.86. The van der Waals surface area contributed by atoms with Crippen molar-refractivity contribution in [2.24, 2.45) is 23.5 Å². The Bertz CT molecular complexity index is 374.